The maximum Gasteiger partial charge on any atom is 0.289 e. The highest BCUT2D eigenvalue weighted by Crippen LogP contribution is 2.26. The van der Waals surface area contributed by atoms with Crippen LogP contribution in [0.25, 0.3) is 0 Å². The Balaban J connectivity index is 2.33. The molecule has 4 N–H and O–H groups in total. The Morgan fingerprint density at radius 2 is 1.67 bits per heavy atom. The molecule has 0 bridgehead atoms. The number of ether oxygens (including phenoxy) is 1. The maximum atomic E-state index is 13.2. The zero-order chi connectivity index (χ0) is 24.8. The van der Waals surface area contributed by atoms with Crippen LogP contribution >= 0.6 is 0 Å². The molecule has 3 amide bonds. The number of amides is 3. The molecule has 0 heterocycles. The Bertz CT molecular complexity index is 1020. The fraction of sp³-hybridized carbons (Fsp3) is 0.320. The SMILES string of the molecule is COc1ccc(C(C(=O)Nc2ccc(CC(C)(C)C)cc2)N(C)C(=O)/C(O)=C/C(N)=O)cc1. The maximum absolute atomic E-state index is 13.2. The lowest BCUT2D eigenvalue weighted by atomic mass is 9.88. The first kappa shape index (κ1) is 25.5. The Kier molecular flexibility index (Phi) is 8.23. The Hall–Kier alpha value is -3.81. The van der Waals surface area contributed by atoms with E-state index in [4.69, 9.17) is 10.5 Å². The van der Waals surface area contributed by atoms with E-state index >= 15 is 0 Å². The summed E-state index contributed by atoms with van der Waals surface area (Å²) in [4.78, 5) is 38.0. The quantitative estimate of drug-likeness (QED) is 0.418. The van der Waals surface area contributed by atoms with Gasteiger partial charge in [-0.1, -0.05) is 45.0 Å². The van der Waals surface area contributed by atoms with Crippen molar-refractivity contribution in [1.82, 2.24) is 4.90 Å². The summed E-state index contributed by atoms with van der Waals surface area (Å²) in [6.45, 7) is 6.45. The highest BCUT2D eigenvalue weighted by molar-refractivity contribution is 6.02. The summed E-state index contributed by atoms with van der Waals surface area (Å²) in [5.74, 6) is -2.67. The summed E-state index contributed by atoms with van der Waals surface area (Å²) in [6, 6.07) is 13.0. The molecule has 0 radical (unpaired) electrons. The summed E-state index contributed by atoms with van der Waals surface area (Å²) in [6.07, 6.45) is 1.49. The minimum Gasteiger partial charge on any atom is -0.503 e. The Morgan fingerprint density at radius 3 is 2.15 bits per heavy atom. The fourth-order valence-corrected chi connectivity index (χ4v) is 3.36. The summed E-state index contributed by atoms with van der Waals surface area (Å²) in [5, 5.41) is 12.8. The summed E-state index contributed by atoms with van der Waals surface area (Å²) in [7, 11) is 2.87. The van der Waals surface area contributed by atoms with E-state index in [-0.39, 0.29) is 5.41 Å². The lowest BCUT2D eigenvalue weighted by Crippen LogP contribution is -2.39. The number of carbonyl (C=O) groups is 3. The van der Waals surface area contributed by atoms with Gasteiger partial charge in [0, 0.05) is 12.7 Å². The predicted octanol–water partition coefficient (Wildman–Crippen LogP) is 3.35. The van der Waals surface area contributed by atoms with Crippen LogP contribution in [0.4, 0.5) is 5.69 Å². The topological polar surface area (TPSA) is 122 Å². The summed E-state index contributed by atoms with van der Waals surface area (Å²) >= 11 is 0. The van der Waals surface area contributed by atoms with E-state index in [0.717, 1.165) is 16.9 Å². The average molecular weight is 454 g/mol. The number of anilines is 1. The van der Waals surface area contributed by atoms with Crippen molar-refractivity contribution in [3.05, 3.63) is 71.5 Å². The molecule has 33 heavy (non-hydrogen) atoms. The van der Waals surface area contributed by atoms with Crippen LogP contribution in [0.15, 0.2) is 60.4 Å². The zero-order valence-electron chi connectivity index (χ0n) is 19.6. The van der Waals surface area contributed by atoms with Gasteiger partial charge >= 0.3 is 0 Å². The largest absolute Gasteiger partial charge is 0.503 e. The van der Waals surface area contributed by atoms with Crippen molar-refractivity contribution < 1.29 is 24.2 Å². The first-order chi connectivity index (χ1) is 15.4. The van der Waals surface area contributed by atoms with Gasteiger partial charge in [-0.25, -0.2) is 0 Å². The van der Waals surface area contributed by atoms with Crippen molar-refractivity contribution in [2.45, 2.75) is 33.2 Å². The number of rotatable bonds is 8. The zero-order valence-corrected chi connectivity index (χ0v) is 19.6. The Morgan fingerprint density at radius 1 is 1.09 bits per heavy atom. The van der Waals surface area contributed by atoms with Crippen LogP contribution in [-0.4, -0.2) is 41.9 Å². The average Bonchev–Trinajstić information content (AvgIpc) is 2.73. The number of benzene rings is 2. The van der Waals surface area contributed by atoms with Crippen LogP contribution in [0.1, 0.15) is 37.9 Å². The van der Waals surface area contributed by atoms with Crippen LogP contribution < -0.4 is 15.8 Å². The third kappa shape index (κ3) is 7.38. The van der Waals surface area contributed by atoms with Crippen molar-refractivity contribution in [2.24, 2.45) is 11.1 Å². The number of nitrogens with zero attached hydrogens (tertiary/aromatic N) is 1. The summed E-state index contributed by atoms with van der Waals surface area (Å²) < 4.78 is 5.16. The van der Waals surface area contributed by atoms with E-state index < -0.39 is 29.5 Å². The van der Waals surface area contributed by atoms with E-state index in [1.165, 1.54) is 14.2 Å². The lowest BCUT2D eigenvalue weighted by molar-refractivity contribution is -0.136. The molecular weight excluding hydrogens is 422 g/mol. The number of likely N-dealkylation sites (N-methyl/N-ethyl adjacent to an activating group) is 1. The third-order valence-electron chi connectivity index (χ3n) is 4.84. The smallest absolute Gasteiger partial charge is 0.289 e. The molecule has 0 aliphatic heterocycles. The highest BCUT2D eigenvalue weighted by Gasteiger charge is 2.30. The van der Waals surface area contributed by atoms with E-state index in [1.807, 2.05) is 12.1 Å². The fourth-order valence-electron chi connectivity index (χ4n) is 3.36. The van der Waals surface area contributed by atoms with Crippen LogP contribution in [-0.2, 0) is 20.8 Å². The molecule has 2 aromatic carbocycles. The van der Waals surface area contributed by atoms with Gasteiger partial charge in [0.1, 0.15) is 11.8 Å². The molecule has 0 aliphatic rings. The highest BCUT2D eigenvalue weighted by atomic mass is 16.5. The molecular formula is C25H31N3O5. The van der Waals surface area contributed by atoms with Gasteiger partial charge in [-0.15, -0.1) is 0 Å². The minimum atomic E-state index is -1.10. The second kappa shape index (κ2) is 10.7. The number of nitrogens with two attached hydrogens (primary N) is 1. The second-order valence-corrected chi connectivity index (χ2v) is 8.95. The van der Waals surface area contributed by atoms with Gasteiger partial charge in [0.15, 0.2) is 5.76 Å². The molecule has 1 unspecified atom stereocenters. The molecule has 1 atom stereocenters. The third-order valence-corrected chi connectivity index (χ3v) is 4.84. The predicted molar refractivity (Wildman–Crippen MR) is 127 cm³/mol. The number of aliphatic hydroxyl groups excluding tert-OH is 1. The molecule has 0 spiro atoms. The number of hydrogen-bond donors (Lipinski definition) is 3. The van der Waals surface area contributed by atoms with E-state index in [9.17, 15) is 19.5 Å². The van der Waals surface area contributed by atoms with E-state index in [1.54, 1.807) is 36.4 Å². The number of nitrogens with one attached hydrogen (secondary N) is 1. The number of methoxy groups -OCH3 is 1. The number of aliphatic hydroxyl groups is 1. The lowest BCUT2D eigenvalue weighted by Gasteiger charge is -2.27. The van der Waals surface area contributed by atoms with Crippen molar-refractivity contribution in [3.8, 4) is 5.75 Å². The number of hydrogen-bond acceptors (Lipinski definition) is 5. The van der Waals surface area contributed by atoms with Gasteiger partial charge in [0.2, 0.25) is 5.91 Å². The standard InChI is InChI=1S/C25H31N3O5/c1-25(2,3)15-16-6-10-18(11-7-16)27-23(31)22(17-8-12-19(33-5)13-9-17)28(4)24(32)20(29)14-21(26)30/h6-14,22,29H,15H2,1-5H3,(H2,26,30)(H,27,31)/b20-14-. The van der Waals surface area contributed by atoms with Crippen LogP contribution in [0, 0.1) is 5.41 Å². The molecule has 0 fully saturated rings. The molecule has 8 heteroatoms. The van der Waals surface area contributed by atoms with Crippen molar-refractivity contribution in [1.29, 1.82) is 0 Å². The summed E-state index contributed by atoms with van der Waals surface area (Å²) in [5.41, 5.74) is 7.35. The molecule has 0 saturated carbocycles. The minimum absolute atomic E-state index is 0.133. The Labute approximate surface area is 194 Å². The molecule has 0 aromatic heterocycles. The first-order valence-corrected chi connectivity index (χ1v) is 10.4. The van der Waals surface area contributed by atoms with Crippen LogP contribution in [0.5, 0.6) is 5.75 Å². The number of carbonyl (C=O) groups excluding carboxylic acids is 3. The van der Waals surface area contributed by atoms with Crippen LogP contribution in [0.3, 0.4) is 0 Å². The molecule has 2 aromatic rings. The van der Waals surface area contributed by atoms with Gasteiger partial charge in [0.05, 0.1) is 13.2 Å². The van der Waals surface area contributed by atoms with E-state index in [0.29, 0.717) is 23.1 Å². The van der Waals surface area contributed by atoms with Gasteiger partial charge in [0.25, 0.3) is 11.8 Å². The molecule has 8 nitrogen and oxygen atoms in total. The normalized spacial score (nSPS) is 12.6. The van der Waals surface area contributed by atoms with Crippen LogP contribution in [0.2, 0.25) is 0 Å². The van der Waals surface area contributed by atoms with E-state index in [2.05, 4.69) is 26.1 Å². The van der Waals surface area contributed by atoms with Gasteiger partial charge in [-0.2, -0.15) is 0 Å². The molecule has 0 aliphatic carbocycles. The molecule has 0 saturated heterocycles. The van der Waals surface area contributed by atoms with Crippen molar-refractivity contribution in [3.63, 3.8) is 0 Å². The van der Waals surface area contributed by atoms with Crippen molar-refractivity contribution in [2.75, 3.05) is 19.5 Å². The van der Waals surface area contributed by atoms with Gasteiger partial charge in [-0.05, 0) is 47.2 Å². The molecule has 2 rings (SSSR count). The molecule has 176 valence electrons. The number of primary amides is 1. The second-order valence-electron chi connectivity index (χ2n) is 8.95. The first-order valence-electron chi connectivity index (χ1n) is 10.4. The van der Waals surface area contributed by atoms with Crippen molar-refractivity contribution >= 4 is 23.4 Å². The van der Waals surface area contributed by atoms with Gasteiger partial charge in [-0.3, -0.25) is 14.4 Å². The van der Waals surface area contributed by atoms with Gasteiger partial charge < -0.3 is 25.8 Å². The monoisotopic (exact) mass is 453 g/mol.